The average molecular weight is 557 g/mol. The van der Waals surface area contributed by atoms with E-state index in [1.54, 1.807) is 30.7 Å². The summed E-state index contributed by atoms with van der Waals surface area (Å²) in [7, 11) is 1.68. The van der Waals surface area contributed by atoms with Gasteiger partial charge in [-0.15, -0.1) is 0 Å². The third-order valence-corrected chi connectivity index (χ3v) is 7.26. The lowest BCUT2D eigenvalue weighted by atomic mass is 9.82. The Bertz CT molecular complexity index is 1670. The first kappa shape index (κ1) is 26.2. The SMILES string of the molecule is Cc1ccc(-c2c(Cl)nc3c(C)cc(C(O)(c4ccc(C(F)(F)F)nc4)c4cncn4C)cc3c2Cl)cc1. The number of fused-ring (bicyclic) bond motifs is 1. The highest BCUT2D eigenvalue weighted by molar-refractivity contribution is 6.42. The summed E-state index contributed by atoms with van der Waals surface area (Å²) in [5.74, 6) is 0. The maximum atomic E-state index is 13.2. The van der Waals surface area contributed by atoms with Crippen LogP contribution in [0.25, 0.3) is 22.0 Å². The predicted octanol–water partition coefficient (Wildman–Crippen LogP) is 7.26. The third kappa shape index (κ3) is 4.32. The zero-order valence-corrected chi connectivity index (χ0v) is 22.0. The molecule has 5 rings (SSSR count). The maximum absolute atomic E-state index is 13.2. The number of alkyl halides is 3. The zero-order chi connectivity index (χ0) is 27.4. The van der Waals surface area contributed by atoms with E-state index in [2.05, 4.69) is 15.0 Å². The Balaban J connectivity index is 1.78. The molecule has 1 unspecified atom stereocenters. The molecular weight excluding hydrogens is 536 g/mol. The molecule has 0 aliphatic heterocycles. The number of aliphatic hydroxyl groups is 1. The highest BCUT2D eigenvalue weighted by atomic mass is 35.5. The first-order valence-corrected chi connectivity index (χ1v) is 12.3. The molecule has 1 atom stereocenters. The quantitative estimate of drug-likeness (QED) is 0.237. The zero-order valence-electron chi connectivity index (χ0n) is 20.5. The Labute approximate surface area is 226 Å². The van der Waals surface area contributed by atoms with Gasteiger partial charge in [-0.1, -0.05) is 65.2 Å². The number of pyridine rings is 2. The van der Waals surface area contributed by atoms with E-state index in [1.165, 1.54) is 18.6 Å². The van der Waals surface area contributed by atoms with Crippen LogP contribution in [-0.4, -0.2) is 24.6 Å². The maximum Gasteiger partial charge on any atom is 0.433 e. The molecular formula is C28H21Cl2F3N4O. The second-order valence-corrected chi connectivity index (χ2v) is 9.91. The van der Waals surface area contributed by atoms with Gasteiger partial charge in [0.2, 0.25) is 0 Å². The van der Waals surface area contributed by atoms with Gasteiger partial charge in [-0.05, 0) is 42.7 Å². The summed E-state index contributed by atoms with van der Waals surface area (Å²) in [4.78, 5) is 12.3. The van der Waals surface area contributed by atoms with Gasteiger partial charge in [0.15, 0.2) is 5.60 Å². The van der Waals surface area contributed by atoms with Crippen LogP contribution in [0.3, 0.4) is 0 Å². The molecule has 38 heavy (non-hydrogen) atoms. The topological polar surface area (TPSA) is 63.8 Å². The summed E-state index contributed by atoms with van der Waals surface area (Å²) in [5, 5.41) is 13.4. The lowest BCUT2D eigenvalue weighted by molar-refractivity contribution is -0.141. The van der Waals surface area contributed by atoms with Crippen molar-refractivity contribution in [3.63, 3.8) is 0 Å². The molecule has 0 aliphatic rings. The fourth-order valence-corrected chi connectivity index (χ4v) is 5.27. The number of hydrogen-bond acceptors (Lipinski definition) is 4. The fraction of sp³-hybridized carbons (Fsp3) is 0.179. The molecule has 10 heteroatoms. The Morgan fingerprint density at radius 2 is 1.63 bits per heavy atom. The van der Waals surface area contributed by atoms with E-state index in [0.29, 0.717) is 38.3 Å². The van der Waals surface area contributed by atoms with Crippen molar-refractivity contribution in [3.8, 4) is 11.1 Å². The highest BCUT2D eigenvalue weighted by Crippen LogP contribution is 2.43. The van der Waals surface area contributed by atoms with E-state index in [-0.39, 0.29) is 10.7 Å². The number of rotatable bonds is 4. The van der Waals surface area contributed by atoms with Crippen LogP contribution in [0, 0.1) is 13.8 Å². The van der Waals surface area contributed by atoms with E-state index in [9.17, 15) is 18.3 Å². The monoisotopic (exact) mass is 556 g/mol. The van der Waals surface area contributed by atoms with Crippen LogP contribution in [0.1, 0.15) is 33.6 Å². The molecule has 0 spiro atoms. The summed E-state index contributed by atoms with van der Waals surface area (Å²) >= 11 is 13.5. The van der Waals surface area contributed by atoms with Crippen LogP contribution in [0.4, 0.5) is 13.2 Å². The minimum absolute atomic E-state index is 0.129. The van der Waals surface area contributed by atoms with Crippen molar-refractivity contribution in [1.29, 1.82) is 0 Å². The summed E-state index contributed by atoms with van der Waals surface area (Å²) in [6.45, 7) is 3.77. The van der Waals surface area contributed by atoms with E-state index in [1.807, 2.05) is 31.2 Å². The van der Waals surface area contributed by atoms with Crippen LogP contribution in [0.5, 0.6) is 0 Å². The van der Waals surface area contributed by atoms with Gasteiger partial charge in [0.05, 0.1) is 28.8 Å². The largest absolute Gasteiger partial charge is 0.433 e. The predicted molar refractivity (Wildman–Crippen MR) is 141 cm³/mol. The number of halogens is 5. The number of aryl methyl sites for hydroxylation is 3. The first-order valence-electron chi connectivity index (χ1n) is 11.5. The number of aromatic nitrogens is 4. The normalized spacial score (nSPS) is 13.6. The standard InChI is InChI=1S/C28H21Cl2F3N4O/c1-15-4-6-17(7-5-15)23-24(29)20-11-19(10-16(2)25(20)36-26(23)30)27(38,22-13-34-14-37(22)3)18-8-9-21(35-12-18)28(31,32)33/h4-14,38H,1-3H3. The van der Waals surface area contributed by atoms with Gasteiger partial charge in [0.25, 0.3) is 0 Å². The van der Waals surface area contributed by atoms with Gasteiger partial charge in [0, 0.05) is 29.8 Å². The third-order valence-electron chi connectivity index (χ3n) is 6.59. The second-order valence-electron chi connectivity index (χ2n) is 9.18. The Morgan fingerprint density at radius 1 is 0.921 bits per heavy atom. The molecule has 0 saturated carbocycles. The summed E-state index contributed by atoms with van der Waals surface area (Å²) in [6.07, 6.45) is -0.644. The minimum atomic E-state index is -4.62. The minimum Gasteiger partial charge on any atom is -0.374 e. The summed E-state index contributed by atoms with van der Waals surface area (Å²) in [6, 6.07) is 13.1. The second kappa shape index (κ2) is 9.38. The first-order chi connectivity index (χ1) is 17.9. The van der Waals surface area contributed by atoms with Gasteiger partial charge in [-0.25, -0.2) is 9.97 Å². The van der Waals surface area contributed by atoms with Gasteiger partial charge < -0.3 is 9.67 Å². The molecule has 0 fully saturated rings. The molecule has 0 bridgehead atoms. The van der Waals surface area contributed by atoms with Crippen molar-refractivity contribution in [2.24, 2.45) is 7.05 Å². The Morgan fingerprint density at radius 3 is 2.21 bits per heavy atom. The van der Waals surface area contributed by atoms with Crippen molar-refractivity contribution in [2.75, 3.05) is 0 Å². The van der Waals surface area contributed by atoms with Crippen molar-refractivity contribution < 1.29 is 18.3 Å². The van der Waals surface area contributed by atoms with Crippen molar-refractivity contribution >= 4 is 34.1 Å². The molecule has 3 heterocycles. The fourth-order valence-electron chi connectivity index (χ4n) is 4.59. The molecule has 1 N–H and O–H groups in total. The smallest absolute Gasteiger partial charge is 0.374 e. The molecule has 0 amide bonds. The molecule has 5 nitrogen and oxygen atoms in total. The Kier molecular flexibility index (Phi) is 6.46. The molecule has 2 aromatic carbocycles. The van der Waals surface area contributed by atoms with Crippen molar-refractivity contribution in [3.05, 3.63) is 111 Å². The number of benzene rings is 2. The van der Waals surface area contributed by atoms with Crippen molar-refractivity contribution in [1.82, 2.24) is 19.5 Å². The lowest BCUT2D eigenvalue weighted by Gasteiger charge is -2.30. The van der Waals surface area contributed by atoms with Crippen LogP contribution in [-0.2, 0) is 18.8 Å². The van der Waals surface area contributed by atoms with Gasteiger partial charge in [-0.2, -0.15) is 13.2 Å². The molecule has 0 aliphatic carbocycles. The average Bonchev–Trinajstić information content (AvgIpc) is 3.31. The summed E-state index contributed by atoms with van der Waals surface area (Å²) < 4.78 is 41.2. The summed E-state index contributed by atoms with van der Waals surface area (Å²) in [5.41, 5.74) is 1.43. The molecule has 3 aromatic heterocycles. The van der Waals surface area contributed by atoms with E-state index in [0.717, 1.165) is 23.4 Å². The van der Waals surface area contributed by atoms with Crippen LogP contribution < -0.4 is 0 Å². The van der Waals surface area contributed by atoms with Crippen LogP contribution >= 0.6 is 23.2 Å². The Hall–Kier alpha value is -3.46. The molecule has 5 aromatic rings. The number of nitrogens with zero attached hydrogens (tertiary/aromatic N) is 4. The number of hydrogen-bond donors (Lipinski definition) is 1. The molecule has 0 radical (unpaired) electrons. The van der Waals surface area contributed by atoms with Crippen LogP contribution in [0.15, 0.2) is 67.3 Å². The van der Waals surface area contributed by atoms with Gasteiger partial charge in [0.1, 0.15) is 10.8 Å². The molecule has 0 saturated heterocycles. The van der Waals surface area contributed by atoms with Gasteiger partial charge >= 0.3 is 6.18 Å². The van der Waals surface area contributed by atoms with Crippen molar-refractivity contribution in [2.45, 2.75) is 25.6 Å². The number of imidazole rings is 1. The highest BCUT2D eigenvalue weighted by Gasteiger charge is 2.39. The lowest BCUT2D eigenvalue weighted by Crippen LogP contribution is -2.31. The van der Waals surface area contributed by atoms with Gasteiger partial charge in [-0.3, -0.25) is 4.98 Å². The molecule has 194 valence electrons. The van der Waals surface area contributed by atoms with E-state index >= 15 is 0 Å². The van der Waals surface area contributed by atoms with Crippen LogP contribution in [0.2, 0.25) is 10.2 Å². The van der Waals surface area contributed by atoms with E-state index in [4.69, 9.17) is 23.2 Å². The van der Waals surface area contributed by atoms with E-state index < -0.39 is 17.5 Å².